The third-order valence-corrected chi connectivity index (χ3v) is 6.94. The second kappa shape index (κ2) is 10.1. The summed E-state index contributed by atoms with van der Waals surface area (Å²) in [5.41, 5.74) is 2.21. The van der Waals surface area contributed by atoms with Gasteiger partial charge in [-0.1, -0.05) is 52.3 Å². The maximum Gasteiger partial charge on any atom is 0.243 e. The van der Waals surface area contributed by atoms with Gasteiger partial charge in [-0.3, -0.25) is 4.79 Å². The molecular formula is C23H23BrN2O4S. The van der Waals surface area contributed by atoms with Crippen molar-refractivity contribution in [3.63, 3.8) is 0 Å². The van der Waals surface area contributed by atoms with E-state index in [1.165, 1.54) is 23.5 Å². The fourth-order valence-electron chi connectivity index (χ4n) is 3.03. The highest BCUT2D eigenvalue weighted by molar-refractivity contribution is 9.10. The molecule has 0 saturated heterocycles. The van der Waals surface area contributed by atoms with E-state index in [4.69, 9.17) is 4.74 Å². The first-order valence-corrected chi connectivity index (χ1v) is 11.8. The lowest BCUT2D eigenvalue weighted by Gasteiger charge is -2.22. The first-order chi connectivity index (χ1) is 14.8. The van der Waals surface area contributed by atoms with E-state index in [1.807, 2.05) is 37.3 Å². The Morgan fingerprint density at radius 1 is 1.03 bits per heavy atom. The zero-order chi connectivity index (χ0) is 22.4. The van der Waals surface area contributed by atoms with E-state index in [1.54, 1.807) is 30.3 Å². The van der Waals surface area contributed by atoms with Crippen molar-refractivity contribution in [1.82, 2.24) is 4.31 Å². The summed E-state index contributed by atoms with van der Waals surface area (Å²) in [6, 6.07) is 20.8. The maximum atomic E-state index is 13.3. The first-order valence-electron chi connectivity index (χ1n) is 9.54. The van der Waals surface area contributed by atoms with Crippen LogP contribution in [0.4, 0.5) is 5.69 Å². The molecule has 0 saturated carbocycles. The highest BCUT2D eigenvalue weighted by Gasteiger charge is 2.27. The number of rotatable bonds is 8. The van der Waals surface area contributed by atoms with Crippen LogP contribution in [-0.2, 0) is 21.4 Å². The molecule has 0 radical (unpaired) electrons. The summed E-state index contributed by atoms with van der Waals surface area (Å²) in [7, 11) is -2.38. The van der Waals surface area contributed by atoms with Crippen LogP contribution in [0.3, 0.4) is 0 Å². The molecule has 1 N–H and O–H groups in total. The Labute approximate surface area is 191 Å². The number of nitrogens with one attached hydrogen (secondary N) is 1. The van der Waals surface area contributed by atoms with E-state index in [0.717, 1.165) is 15.6 Å². The quantitative estimate of drug-likeness (QED) is 0.488. The Kier molecular flexibility index (Phi) is 7.48. The fraction of sp³-hybridized carbons (Fsp3) is 0.174. The molecule has 0 bridgehead atoms. The van der Waals surface area contributed by atoms with Gasteiger partial charge in [0.05, 0.1) is 24.2 Å². The molecule has 8 heteroatoms. The Balaban J connectivity index is 1.88. The van der Waals surface area contributed by atoms with Gasteiger partial charge in [0.2, 0.25) is 15.9 Å². The average Bonchev–Trinajstić information content (AvgIpc) is 2.75. The first kappa shape index (κ1) is 23.0. The Hall–Kier alpha value is -2.68. The van der Waals surface area contributed by atoms with Crippen molar-refractivity contribution in [2.24, 2.45) is 0 Å². The Morgan fingerprint density at radius 3 is 2.35 bits per heavy atom. The number of aryl methyl sites for hydroxylation is 1. The van der Waals surface area contributed by atoms with Crippen molar-refractivity contribution in [2.45, 2.75) is 18.4 Å². The molecule has 0 atom stereocenters. The van der Waals surface area contributed by atoms with Crippen LogP contribution < -0.4 is 10.1 Å². The van der Waals surface area contributed by atoms with Crippen molar-refractivity contribution in [2.75, 3.05) is 19.0 Å². The molecule has 0 aromatic heterocycles. The highest BCUT2D eigenvalue weighted by atomic mass is 79.9. The second-order valence-corrected chi connectivity index (χ2v) is 9.82. The van der Waals surface area contributed by atoms with Gasteiger partial charge in [0, 0.05) is 11.0 Å². The monoisotopic (exact) mass is 502 g/mol. The SMILES string of the molecule is COc1ccc(C)cc1NC(=O)CN(Cc1ccc(Br)cc1)S(=O)(=O)c1ccccc1. The van der Waals surface area contributed by atoms with Gasteiger partial charge < -0.3 is 10.1 Å². The maximum absolute atomic E-state index is 13.3. The zero-order valence-corrected chi connectivity index (χ0v) is 19.6. The molecule has 0 spiro atoms. The van der Waals surface area contributed by atoms with E-state index >= 15 is 0 Å². The van der Waals surface area contributed by atoms with E-state index in [2.05, 4.69) is 21.2 Å². The molecule has 0 fully saturated rings. The molecule has 1 amide bonds. The molecule has 31 heavy (non-hydrogen) atoms. The molecule has 0 aliphatic rings. The average molecular weight is 503 g/mol. The number of ether oxygens (including phenoxy) is 1. The van der Waals surface area contributed by atoms with E-state index in [9.17, 15) is 13.2 Å². The van der Waals surface area contributed by atoms with Crippen LogP contribution in [0.5, 0.6) is 5.75 Å². The van der Waals surface area contributed by atoms with Crippen LogP contribution in [0.25, 0.3) is 0 Å². The van der Waals surface area contributed by atoms with Crippen molar-refractivity contribution >= 4 is 37.5 Å². The molecular weight excluding hydrogens is 480 g/mol. The summed E-state index contributed by atoms with van der Waals surface area (Å²) in [6.07, 6.45) is 0. The molecule has 3 aromatic carbocycles. The summed E-state index contributed by atoms with van der Waals surface area (Å²) in [6.45, 7) is 1.61. The number of hydrogen-bond donors (Lipinski definition) is 1. The number of hydrogen-bond acceptors (Lipinski definition) is 4. The van der Waals surface area contributed by atoms with E-state index in [0.29, 0.717) is 11.4 Å². The van der Waals surface area contributed by atoms with Gasteiger partial charge in [-0.2, -0.15) is 4.31 Å². The van der Waals surface area contributed by atoms with Gasteiger partial charge in [0.15, 0.2) is 0 Å². The lowest BCUT2D eigenvalue weighted by Crippen LogP contribution is -2.37. The topological polar surface area (TPSA) is 75.7 Å². The van der Waals surface area contributed by atoms with E-state index in [-0.39, 0.29) is 18.0 Å². The molecule has 0 unspecified atom stereocenters. The molecule has 3 rings (SSSR count). The van der Waals surface area contributed by atoms with E-state index < -0.39 is 15.9 Å². The van der Waals surface area contributed by atoms with Crippen molar-refractivity contribution in [1.29, 1.82) is 0 Å². The Morgan fingerprint density at radius 2 is 1.71 bits per heavy atom. The zero-order valence-electron chi connectivity index (χ0n) is 17.2. The van der Waals surface area contributed by atoms with Gasteiger partial charge in [-0.05, 0) is 54.4 Å². The minimum Gasteiger partial charge on any atom is -0.495 e. The summed E-state index contributed by atoms with van der Waals surface area (Å²) in [5.74, 6) is 0.0462. The minimum absolute atomic E-state index is 0.0584. The van der Waals surface area contributed by atoms with Crippen LogP contribution in [0.15, 0.2) is 82.2 Å². The summed E-state index contributed by atoms with van der Waals surface area (Å²) in [5, 5.41) is 2.77. The van der Waals surface area contributed by atoms with Crippen LogP contribution in [0.2, 0.25) is 0 Å². The normalized spacial score (nSPS) is 11.4. The molecule has 0 heterocycles. The molecule has 3 aromatic rings. The summed E-state index contributed by atoms with van der Waals surface area (Å²) in [4.78, 5) is 13.0. The predicted molar refractivity (Wildman–Crippen MR) is 125 cm³/mol. The van der Waals surface area contributed by atoms with Crippen molar-refractivity contribution < 1.29 is 17.9 Å². The van der Waals surface area contributed by atoms with Crippen LogP contribution in [0, 0.1) is 6.92 Å². The van der Waals surface area contributed by atoms with Crippen LogP contribution >= 0.6 is 15.9 Å². The lowest BCUT2D eigenvalue weighted by molar-refractivity contribution is -0.116. The third-order valence-electron chi connectivity index (χ3n) is 4.60. The number of carbonyl (C=O) groups excluding carboxylic acids is 1. The fourth-order valence-corrected chi connectivity index (χ4v) is 4.70. The standard InChI is InChI=1S/C23H23BrN2O4S/c1-17-8-13-22(30-2)21(14-17)25-23(27)16-26(15-18-9-11-19(24)12-10-18)31(28,29)20-6-4-3-5-7-20/h3-14H,15-16H2,1-2H3,(H,25,27). The molecule has 0 aliphatic carbocycles. The largest absolute Gasteiger partial charge is 0.495 e. The Bertz CT molecular complexity index is 1150. The number of halogens is 1. The van der Waals surface area contributed by atoms with Gasteiger partial charge in [-0.25, -0.2) is 8.42 Å². The third kappa shape index (κ3) is 5.94. The van der Waals surface area contributed by atoms with Crippen molar-refractivity contribution in [3.8, 4) is 5.75 Å². The van der Waals surface area contributed by atoms with Gasteiger partial charge in [0.25, 0.3) is 0 Å². The predicted octanol–water partition coefficient (Wildman–Crippen LogP) is 4.60. The number of benzene rings is 3. The van der Waals surface area contributed by atoms with Gasteiger partial charge in [0.1, 0.15) is 5.75 Å². The number of carbonyl (C=O) groups is 1. The van der Waals surface area contributed by atoms with Crippen molar-refractivity contribution in [3.05, 3.63) is 88.4 Å². The molecule has 162 valence electrons. The lowest BCUT2D eigenvalue weighted by atomic mass is 10.2. The number of amides is 1. The summed E-state index contributed by atoms with van der Waals surface area (Å²) >= 11 is 3.38. The minimum atomic E-state index is -3.89. The van der Waals surface area contributed by atoms with Crippen LogP contribution in [0.1, 0.15) is 11.1 Å². The molecule has 0 aliphatic heterocycles. The number of nitrogens with zero attached hydrogens (tertiary/aromatic N) is 1. The van der Waals surface area contributed by atoms with Gasteiger partial charge in [-0.15, -0.1) is 0 Å². The molecule has 6 nitrogen and oxygen atoms in total. The smallest absolute Gasteiger partial charge is 0.243 e. The second-order valence-electron chi connectivity index (χ2n) is 6.96. The number of anilines is 1. The summed E-state index contributed by atoms with van der Waals surface area (Å²) < 4.78 is 33.9. The highest BCUT2D eigenvalue weighted by Crippen LogP contribution is 2.26. The number of methoxy groups -OCH3 is 1. The van der Waals surface area contributed by atoms with Gasteiger partial charge >= 0.3 is 0 Å². The number of sulfonamides is 1. The van der Waals surface area contributed by atoms with Crippen LogP contribution in [-0.4, -0.2) is 32.3 Å².